The molecule has 6 heteroatoms. The third-order valence-corrected chi connectivity index (χ3v) is 5.28. The van der Waals surface area contributed by atoms with Crippen LogP contribution in [0.3, 0.4) is 0 Å². The molecule has 0 bridgehead atoms. The number of halogens is 1. The summed E-state index contributed by atoms with van der Waals surface area (Å²) in [7, 11) is 1.72. The molecule has 20 heavy (non-hydrogen) atoms. The molecule has 1 aromatic carbocycles. The van der Waals surface area contributed by atoms with E-state index in [2.05, 4.69) is 49.8 Å². The molecule has 0 atom stereocenters. The van der Waals surface area contributed by atoms with Crippen LogP contribution in [0.4, 0.5) is 0 Å². The van der Waals surface area contributed by atoms with E-state index < -0.39 is 0 Å². The zero-order valence-corrected chi connectivity index (χ0v) is 14.7. The number of rotatable bonds is 7. The molecule has 108 valence electrons. The monoisotopic (exact) mass is 372 g/mol. The fourth-order valence-corrected chi connectivity index (χ4v) is 3.97. The van der Waals surface area contributed by atoms with Crippen LogP contribution in [0.1, 0.15) is 11.3 Å². The molecule has 0 amide bonds. The second-order valence-electron chi connectivity index (χ2n) is 4.28. The van der Waals surface area contributed by atoms with Gasteiger partial charge >= 0.3 is 0 Å². The van der Waals surface area contributed by atoms with Gasteiger partial charge in [-0.15, -0.1) is 11.3 Å². The third kappa shape index (κ3) is 4.86. The molecule has 2 aromatic rings. The van der Waals surface area contributed by atoms with Crippen LogP contribution in [0.25, 0.3) is 0 Å². The second-order valence-corrected chi connectivity index (χ2v) is 7.34. The summed E-state index contributed by atoms with van der Waals surface area (Å²) in [6.07, 6.45) is 0. The summed E-state index contributed by atoms with van der Waals surface area (Å²) < 4.78 is 7.23. The van der Waals surface area contributed by atoms with Gasteiger partial charge in [-0.2, -0.15) is 0 Å². The van der Waals surface area contributed by atoms with E-state index in [-0.39, 0.29) is 0 Å². The van der Waals surface area contributed by atoms with Gasteiger partial charge in [-0.3, -0.25) is 0 Å². The second kappa shape index (κ2) is 8.14. The normalized spacial score (nSPS) is 10.9. The maximum Gasteiger partial charge on any atom is 0.154 e. The molecule has 0 aliphatic carbocycles. The quantitative estimate of drug-likeness (QED) is 0.741. The molecule has 1 aromatic heterocycles. The molecular formula is C14H17BrN2OS2. The van der Waals surface area contributed by atoms with Crippen molar-refractivity contribution in [2.75, 3.05) is 20.3 Å². The summed E-state index contributed by atoms with van der Waals surface area (Å²) in [4.78, 5) is 5.75. The molecule has 0 saturated heterocycles. The fourth-order valence-electron chi connectivity index (χ4n) is 1.66. The lowest BCUT2D eigenvalue weighted by Crippen LogP contribution is -2.18. The Labute approximate surface area is 136 Å². The minimum atomic E-state index is 0.724. The highest BCUT2D eigenvalue weighted by Gasteiger charge is 2.08. The Morgan fingerprint density at radius 1 is 1.45 bits per heavy atom. The largest absolute Gasteiger partial charge is 0.383 e. The third-order valence-electron chi connectivity index (χ3n) is 2.62. The van der Waals surface area contributed by atoms with E-state index in [4.69, 9.17) is 4.74 Å². The van der Waals surface area contributed by atoms with Gasteiger partial charge in [0.15, 0.2) is 4.34 Å². The summed E-state index contributed by atoms with van der Waals surface area (Å²) in [5, 5.41) is 5.47. The maximum atomic E-state index is 5.05. The number of ether oxygens (including phenoxy) is 1. The molecule has 0 radical (unpaired) electrons. The number of aromatic nitrogens is 1. The van der Waals surface area contributed by atoms with Crippen molar-refractivity contribution in [3.63, 3.8) is 0 Å². The fraction of sp³-hybridized carbons (Fsp3) is 0.357. The molecule has 2 rings (SSSR count). The molecule has 0 saturated carbocycles. The first-order chi connectivity index (χ1) is 9.69. The van der Waals surface area contributed by atoms with Gasteiger partial charge in [-0.05, 0) is 30.7 Å². The predicted octanol–water partition coefficient (Wildman–Crippen LogP) is 4.10. The van der Waals surface area contributed by atoms with Crippen molar-refractivity contribution in [1.82, 2.24) is 10.3 Å². The molecule has 3 nitrogen and oxygen atoms in total. The number of hydrogen-bond donors (Lipinski definition) is 1. The standard InChI is InChI=1S/C14H17BrN2OS2/c1-10-9-19-14(17-10)20-13-4-3-12(15)7-11(13)8-16-5-6-18-2/h3-4,7,9,16H,5-6,8H2,1-2H3. The minimum absolute atomic E-state index is 0.724. The average Bonchev–Trinajstić information content (AvgIpc) is 2.83. The minimum Gasteiger partial charge on any atom is -0.383 e. The molecule has 0 aliphatic rings. The van der Waals surface area contributed by atoms with Crippen LogP contribution in [-0.4, -0.2) is 25.2 Å². The van der Waals surface area contributed by atoms with Crippen molar-refractivity contribution >= 4 is 39.0 Å². The highest BCUT2D eigenvalue weighted by molar-refractivity contribution is 9.10. The lowest BCUT2D eigenvalue weighted by atomic mass is 10.2. The van der Waals surface area contributed by atoms with Gasteiger partial charge in [0, 0.05) is 40.6 Å². The Morgan fingerprint density at radius 2 is 2.30 bits per heavy atom. The van der Waals surface area contributed by atoms with Crippen LogP contribution in [0, 0.1) is 6.92 Å². The highest BCUT2D eigenvalue weighted by Crippen LogP contribution is 2.33. The van der Waals surface area contributed by atoms with E-state index in [1.807, 2.05) is 6.92 Å². The van der Waals surface area contributed by atoms with Crippen molar-refractivity contribution in [3.05, 3.63) is 39.3 Å². The molecular weight excluding hydrogens is 356 g/mol. The Bertz CT molecular complexity index is 560. The molecule has 0 fully saturated rings. The van der Waals surface area contributed by atoms with Crippen LogP contribution in [0.5, 0.6) is 0 Å². The first kappa shape index (κ1) is 16.0. The topological polar surface area (TPSA) is 34.1 Å². The van der Waals surface area contributed by atoms with Gasteiger partial charge < -0.3 is 10.1 Å². The van der Waals surface area contributed by atoms with Crippen molar-refractivity contribution in [2.45, 2.75) is 22.7 Å². The lowest BCUT2D eigenvalue weighted by Gasteiger charge is -2.10. The zero-order chi connectivity index (χ0) is 14.4. The number of nitrogens with one attached hydrogen (secondary N) is 1. The molecule has 1 N–H and O–H groups in total. The van der Waals surface area contributed by atoms with E-state index >= 15 is 0 Å². The predicted molar refractivity (Wildman–Crippen MR) is 88.7 cm³/mol. The van der Waals surface area contributed by atoms with Gasteiger partial charge in [0.2, 0.25) is 0 Å². The van der Waals surface area contributed by atoms with Crippen LogP contribution in [0.2, 0.25) is 0 Å². The summed E-state index contributed by atoms with van der Waals surface area (Å²) in [6, 6.07) is 6.36. The van der Waals surface area contributed by atoms with Gasteiger partial charge in [-0.1, -0.05) is 27.7 Å². The lowest BCUT2D eigenvalue weighted by molar-refractivity contribution is 0.199. The summed E-state index contributed by atoms with van der Waals surface area (Å²) in [6.45, 7) is 4.43. The first-order valence-electron chi connectivity index (χ1n) is 6.27. The SMILES string of the molecule is COCCNCc1cc(Br)ccc1Sc1nc(C)cs1. The van der Waals surface area contributed by atoms with Crippen LogP contribution >= 0.6 is 39.0 Å². The van der Waals surface area contributed by atoms with E-state index in [1.54, 1.807) is 30.2 Å². The number of thiazole rings is 1. The Morgan fingerprint density at radius 3 is 3.00 bits per heavy atom. The molecule has 0 aliphatic heterocycles. The van der Waals surface area contributed by atoms with Crippen LogP contribution in [0.15, 0.2) is 37.3 Å². The first-order valence-corrected chi connectivity index (χ1v) is 8.76. The average molecular weight is 373 g/mol. The van der Waals surface area contributed by atoms with Crippen molar-refractivity contribution in [1.29, 1.82) is 0 Å². The van der Waals surface area contributed by atoms with Gasteiger partial charge in [0.25, 0.3) is 0 Å². The van der Waals surface area contributed by atoms with Gasteiger partial charge in [-0.25, -0.2) is 4.98 Å². The van der Waals surface area contributed by atoms with E-state index in [0.29, 0.717) is 0 Å². The molecule has 1 heterocycles. The molecule has 0 spiro atoms. The number of benzene rings is 1. The summed E-state index contributed by atoms with van der Waals surface area (Å²) >= 11 is 6.95. The van der Waals surface area contributed by atoms with E-state index in [1.165, 1.54) is 10.5 Å². The van der Waals surface area contributed by atoms with E-state index in [0.717, 1.165) is 34.2 Å². The zero-order valence-electron chi connectivity index (χ0n) is 11.5. The molecule has 0 unspecified atom stereocenters. The van der Waals surface area contributed by atoms with Gasteiger partial charge in [0.05, 0.1) is 6.61 Å². The number of hydrogen-bond acceptors (Lipinski definition) is 5. The van der Waals surface area contributed by atoms with Gasteiger partial charge in [0.1, 0.15) is 0 Å². The van der Waals surface area contributed by atoms with Crippen LogP contribution < -0.4 is 5.32 Å². The highest BCUT2D eigenvalue weighted by atomic mass is 79.9. The van der Waals surface area contributed by atoms with Crippen molar-refractivity contribution in [3.8, 4) is 0 Å². The van der Waals surface area contributed by atoms with Crippen LogP contribution in [-0.2, 0) is 11.3 Å². The van der Waals surface area contributed by atoms with Crippen molar-refractivity contribution in [2.24, 2.45) is 0 Å². The Kier molecular flexibility index (Phi) is 6.51. The van der Waals surface area contributed by atoms with Crippen molar-refractivity contribution < 1.29 is 4.74 Å². The number of aryl methyl sites for hydroxylation is 1. The summed E-state index contributed by atoms with van der Waals surface area (Å²) in [5.41, 5.74) is 2.35. The number of methoxy groups -OCH3 is 1. The maximum absolute atomic E-state index is 5.05. The smallest absolute Gasteiger partial charge is 0.154 e. The Balaban J connectivity index is 2.06. The Hall–Kier alpha value is -0.400. The van der Waals surface area contributed by atoms with E-state index in [9.17, 15) is 0 Å². The summed E-state index contributed by atoms with van der Waals surface area (Å²) in [5.74, 6) is 0. The number of nitrogens with zero attached hydrogens (tertiary/aromatic N) is 1.